The standard InChI is InChI=1S/C18H19N3/c19-14-11-10-13(12-14)18-20-16-8-4-5-9-17(16)21(18)15-6-2-1-3-7-15/h1-9,13-14H,10-12,19H2/t13-,14+/m1/s1. The lowest BCUT2D eigenvalue weighted by Gasteiger charge is -2.14. The Morgan fingerprint density at radius 3 is 2.48 bits per heavy atom. The van der Waals surface area contributed by atoms with E-state index in [0.29, 0.717) is 12.0 Å². The van der Waals surface area contributed by atoms with E-state index in [0.717, 1.165) is 30.6 Å². The molecule has 21 heavy (non-hydrogen) atoms. The predicted molar refractivity (Wildman–Crippen MR) is 85.6 cm³/mol. The van der Waals surface area contributed by atoms with Crippen molar-refractivity contribution in [3.63, 3.8) is 0 Å². The number of nitrogens with zero attached hydrogens (tertiary/aromatic N) is 2. The molecule has 0 saturated heterocycles. The summed E-state index contributed by atoms with van der Waals surface area (Å²) in [5, 5.41) is 0. The molecule has 1 aliphatic carbocycles. The van der Waals surface area contributed by atoms with Crippen LogP contribution in [0.2, 0.25) is 0 Å². The van der Waals surface area contributed by atoms with Crippen LogP contribution in [0, 0.1) is 0 Å². The maximum Gasteiger partial charge on any atom is 0.117 e. The molecule has 0 unspecified atom stereocenters. The second-order valence-corrected chi connectivity index (χ2v) is 5.90. The number of imidazole rings is 1. The van der Waals surface area contributed by atoms with Crippen LogP contribution in [0.1, 0.15) is 31.0 Å². The van der Waals surface area contributed by atoms with Crippen molar-refractivity contribution < 1.29 is 0 Å². The number of benzene rings is 2. The van der Waals surface area contributed by atoms with E-state index in [4.69, 9.17) is 10.7 Å². The van der Waals surface area contributed by atoms with Crippen molar-refractivity contribution in [1.82, 2.24) is 9.55 Å². The highest BCUT2D eigenvalue weighted by atomic mass is 15.1. The van der Waals surface area contributed by atoms with E-state index >= 15 is 0 Å². The molecule has 0 bridgehead atoms. The highest BCUT2D eigenvalue weighted by molar-refractivity contribution is 5.78. The molecule has 4 rings (SSSR count). The number of fused-ring (bicyclic) bond motifs is 1. The summed E-state index contributed by atoms with van der Waals surface area (Å²) in [6.45, 7) is 0. The third-order valence-electron chi connectivity index (χ3n) is 4.44. The normalized spacial score (nSPS) is 22.0. The van der Waals surface area contributed by atoms with E-state index in [1.807, 2.05) is 6.07 Å². The van der Waals surface area contributed by atoms with Crippen molar-refractivity contribution in [3.05, 3.63) is 60.4 Å². The summed E-state index contributed by atoms with van der Waals surface area (Å²) in [4.78, 5) is 4.91. The predicted octanol–water partition coefficient (Wildman–Crippen LogP) is 3.62. The van der Waals surface area contributed by atoms with Gasteiger partial charge in [-0.2, -0.15) is 0 Å². The van der Waals surface area contributed by atoms with Gasteiger partial charge in [0.15, 0.2) is 0 Å². The van der Waals surface area contributed by atoms with E-state index in [1.165, 1.54) is 11.2 Å². The second-order valence-electron chi connectivity index (χ2n) is 5.90. The third kappa shape index (κ3) is 2.14. The van der Waals surface area contributed by atoms with Crippen molar-refractivity contribution in [2.75, 3.05) is 0 Å². The minimum Gasteiger partial charge on any atom is -0.328 e. The quantitative estimate of drug-likeness (QED) is 0.777. The van der Waals surface area contributed by atoms with Gasteiger partial charge in [-0.3, -0.25) is 4.57 Å². The van der Waals surface area contributed by atoms with Crippen molar-refractivity contribution in [2.45, 2.75) is 31.2 Å². The summed E-state index contributed by atoms with van der Waals surface area (Å²) >= 11 is 0. The lowest BCUT2D eigenvalue weighted by Crippen LogP contribution is -2.15. The molecule has 1 aliphatic rings. The molecular formula is C18H19N3. The van der Waals surface area contributed by atoms with Crippen molar-refractivity contribution in [1.29, 1.82) is 0 Å². The van der Waals surface area contributed by atoms with Gasteiger partial charge in [0.05, 0.1) is 11.0 Å². The molecule has 3 heteroatoms. The molecule has 0 amide bonds. The zero-order chi connectivity index (χ0) is 14.2. The average molecular weight is 277 g/mol. The van der Waals surface area contributed by atoms with Crippen molar-refractivity contribution in [2.24, 2.45) is 5.73 Å². The Morgan fingerprint density at radius 2 is 1.71 bits per heavy atom. The number of hydrogen-bond donors (Lipinski definition) is 1. The molecule has 3 nitrogen and oxygen atoms in total. The zero-order valence-electron chi connectivity index (χ0n) is 11.9. The lowest BCUT2D eigenvalue weighted by atomic mass is 10.1. The number of para-hydroxylation sites is 3. The average Bonchev–Trinajstić information content (AvgIpc) is 3.11. The molecule has 2 atom stereocenters. The number of aromatic nitrogens is 2. The third-order valence-corrected chi connectivity index (χ3v) is 4.44. The Balaban J connectivity index is 1.93. The summed E-state index contributed by atoms with van der Waals surface area (Å²) < 4.78 is 2.30. The van der Waals surface area contributed by atoms with Crippen LogP contribution in [0.25, 0.3) is 16.7 Å². The Kier molecular flexibility index (Phi) is 3.00. The summed E-state index contributed by atoms with van der Waals surface area (Å²) in [7, 11) is 0. The van der Waals surface area contributed by atoms with Crippen molar-refractivity contribution >= 4 is 11.0 Å². The van der Waals surface area contributed by atoms with Gasteiger partial charge in [-0.25, -0.2) is 4.98 Å². The van der Waals surface area contributed by atoms with Crippen LogP contribution < -0.4 is 5.73 Å². The number of nitrogens with two attached hydrogens (primary N) is 1. The molecular weight excluding hydrogens is 258 g/mol. The molecule has 1 heterocycles. The largest absolute Gasteiger partial charge is 0.328 e. The number of rotatable bonds is 2. The molecule has 0 radical (unpaired) electrons. The van der Waals surface area contributed by atoms with E-state index in [9.17, 15) is 0 Å². The first-order valence-corrected chi connectivity index (χ1v) is 7.61. The van der Waals surface area contributed by atoms with Gasteiger partial charge < -0.3 is 5.73 Å². The van der Waals surface area contributed by atoms with Crippen LogP contribution in [0.5, 0.6) is 0 Å². The van der Waals surface area contributed by atoms with Crippen LogP contribution >= 0.6 is 0 Å². The van der Waals surface area contributed by atoms with Crippen LogP contribution in [-0.4, -0.2) is 15.6 Å². The summed E-state index contributed by atoms with van der Waals surface area (Å²) in [5.41, 5.74) is 9.54. The summed E-state index contributed by atoms with van der Waals surface area (Å²) in [6, 6.07) is 19.2. The van der Waals surface area contributed by atoms with Gasteiger partial charge in [-0.15, -0.1) is 0 Å². The smallest absolute Gasteiger partial charge is 0.117 e. The first-order valence-electron chi connectivity index (χ1n) is 7.61. The van der Waals surface area contributed by atoms with Crippen molar-refractivity contribution in [3.8, 4) is 5.69 Å². The fourth-order valence-electron chi connectivity index (χ4n) is 3.42. The zero-order valence-corrected chi connectivity index (χ0v) is 11.9. The Hall–Kier alpha value is -2.13. The van der Waals surface area contributed by atoms with Crippen LogP contribution in [-0.2, 0) is 0 Å². The van der Waals surface area contributed by atoms with E-state index in [1.54, 1.807) is 0 Å². The van der Waals surface area contributed by atoms with Gasteiger partial charge >= 0.3 is 0 Å². The van der Waals surface area contributed by atoms with E-state index in [-0.39, 0.29) is 0 Å². The molecule has 1 saturated carbocycles. The highest BCUT2D eigenvalue weighted by Gasteiger charge is 2.28. The fourth-order valence-corrected chi connectivity index (χ4v) is 3.42. The van der Waals surface area contributed by atoms with Crippen LogP contribution in [0.3, 0.4) is 0 Å². The van der Waals surface area contributed by atoms with Crippen LogP contribution in [0.15, 0.2) is 54.6 Å². The van der Waals surface area contributed by atoms with Gasteiger partial charge in [-0.1, -0.05) is 30.3 Å². The molecule has 0 aliphatic heterocycles. The Bertz CT molecular complexity index is 760. The first kappa shape index (κ1) is 12.6. The van der Waals surface area contributed by atoms with Gasteiger partial charge in [-0.05, 0) is 43.5 Å². The fraction of sp³-hybridized carbons (Fsp3) is 0.278. The summed E-state index contributed by atoms with van der Waals surface area (Å²) in [6.07, 6.45) is 3.27. The Labute approximate surface area is 124 Å². The first-order chi connectivity index (χ1) is 10.3. The lowest BCUT2D eigenvalue weighted by molar-refractivity contribution is 0.637. The molecule has 1 aromatic heterocycles. The highest BCUT2D eigenvalue weighted by Crippen LogP contribution is 2.36. The van der Waals surface area contributed by atoms with Gasteiger partial charge in [0, 0.05) is 17.6 Å². The molecule has 1 fully saturated rings. The molecule has 2 aromatic carbocycles. The maximum absolute atomic E-state index is 6.11. The van der Waals surface area contributed by atoms with E-state index < -0.39 is 0 Å². The maximum atomic E-state index is 6.11. The van der Waals surface area contributed by atoms with Gasteiger partial charge in [0.25, 0.3) is 0 Å². The van der Waals surface area contributed by atoms with E-state index in [2.05, 4.69) is 53.1 Å². The second kappa shape index (κ2) is 5.01. The van der Waals surface area contributed by atoms with Gasteiger partial charge in [0.2, 0.25) is 0 Å². The minimum atomic E-state index is 0.319. The molecule has 106 valence electrons. The summed E-state index contributed by atoms with van der Waals surface area (Å²) in [5.74, 6) is 1.63. The number of hydrogen-bond acceptors (Lipinski definition) is 2. The van der Waals surface area contributed by atoms with Gasteiger partial charge in [0.1, 0.15) is 5.82 Å². The molecule has 0 spiro atoms. The monoisotopic (exact) mass is 277 g/mol. The topological polar surface area (TPSA) is 43.8 Å². The SMILES string of the molecule is N[C@H]1CC[C@@H](c2nc3ccccc3n2-c2ccccc2)C1. The molecule has 2 N–H and O–H groups in total. The van der Waals surface area contributed by atoms with Crippen LogP contribution in [0.4, 0.5) is 0 Å². The Morgan fingerprint density at radius 1 is 0.952 bits per heavy atom. The molecule has 3 aromatic rings. The minimum absolute atomic E-state index is 0.319.